The maximum Gasteiger partial charge on any atom is 0.225 e. The Morgan fingerprint density at radius 3 is 2.62 bits per heavy atom. The van der Waals surface area contributed by atoms with Crippen LogP contribution in [0.15, 0.2) is 10.6 Å². The van der Waals surface area contributed by atoms with Crippen molar-refractivity contribution in [2.75, 3.05) is 5.32 Å². The second-order valence-corrected chi connectivity index (χ2v) is 2.22. The van der Waals surface area contributed by atoms with Gasteiger partial charge < -0.3 is 9.84 Å². The molecule has 4 heteroatoms. The van der Waals surface area contributed by atoms with E-state index in [0.29, 0.717) is 18.0 Å². The van der Waals surface area contributed by atoms with Gasteiger partial charge in [-0.05, 0) is 6.92 Å². The van der Waals surface area contributed by atoms with Crippen LogP contribution in [-0.4, -0.2) is 11.1 Å². The van der Waals surface area contributed by atoms with Gasteiger partial charge in [0.1, 0.15) is 5.76 Å². The molecule has 0 fully saturated rings. The maximum absolute atomic E-state index is 10.8. The molecule has 13 heavy (non-hydrogen) atoms. The van der Waals surface area contributed by atoms with Crippen LogP contribution in [-0.2, 0) is 4.79 Å². The molecule has 4 nitrogen and oxygen atoms in total. The summed E-state index contributed by atoms with van der Waals surface area (Å²) < 4.78 is 4.75. The van der Waals surface area contributed by atoms with Gasteiger partial charge >= 0.3 is 0 Å². The fourth-order valence-corrected chi connectivity index (χ4v) is 0.657. The highest BCUT2D eigenvalue weighted by molar-refractivity contribution is 5.89. The number of nitrogens with one attached hydrogen (secondary N) is 1. The van der Waals surface area contributed by atoms with Crippen LogP contribution in [0.2, 0.25) is 0 Å². The van der Waals surface area contributed by atoms with Gasteiger partial charge in [-0.25, -0.2) is 0 Å². The van der Waals surface area contributed by atoms with E-state index in [-0.39, 0.29) is 5.91 Å². The fraction of sp³-hybridized carbons (Fsp3) is 0.556. The molecule has 1 aromatic heterocycles. The van der Waals surface area contributed by atoms with E-state index in [1.54, 1.807) is 19.9 Å². The molecule has 0 aromatic carbocycles. The van der Waals surface area contributed by atoms with E-state index < -0.39 is 0 Å². The quantitative estimate of drug-likeness (QED) is 0.767. The lowest BCUT2D eigenvalue weighted by molar-refractivity contribution is -0.115. The van der Waals surface area contributed by atoms with Crippen LogP contribution >= 0.6 is 0 Å². The van der Waals surface area contributed by atoms with Crippen LogP contribution in [0.5, 0.6) is 0 Å². The first-order valence-electron chi connectivity index (χ1n) is 4.45. The predicted molar refractivity (Wildman–Crippen MR) is 51.5 cm³/mol. The fourth-order valence-electron chi connectivity index (χ4n) is 0.657. The largest absolute Gasteiger partial charge is 0.360 e. The minimum atomic E-state index is -0.0571. The summed E-state index contributed by atoms with van der Waals surface area (Å²) in [4.78, 5) is 10.8. The topological polar surface area (TPSA) is 55.1 Å². The molecule has 1 rings (SSSR count). The van der Waals surface area contributed by atoms with Gasteiger partial charge in [-0.15, -0.1) is 0 Å². The lowest BCUT2D eigenvalue weighted by Crippen LogP contribution is -2.09. The Morgan fingerprint density at radius 2 is 2.23 bits per heavy atom. The number of aromatic nitrogens is 1. The van der Waals surface area contributed by atoms with E-state index in [0.717, 1.165) is 0 Å². The van der Waals surface area contributed by atoms with Crippen molar-refractivity contribution < 1.29 is 9.32 Å². The molecule has 0 aliphatic carbocycles. The van der Waals surface area contributed by atoms with Crippen LogP contribution in [0.1, 0.15) is 33.0 Å². The Hall–Kier alpha value is -1.32. The molecule has 0 aliphatic rings. The average Bonchev–Trinajstić information content (AvgIpc) is 2.54. The first kappa shape index (κ1) is 11.7. The van der Waals surface area contributed by atoms with Gasteiger partial charge in [-0.1, -0.05) is 25.9 Å². The van der Waals surface area contributed by atoms with Gasteiger partial charge in [0.05, 0.1) is 0 Å². The molecule has 0 spiro atoms. The molecule has 0 unspecified atom stereocenters. The van der Waals surface area contributed by atoms with Crippen molar-refractivity contribution in [3.63, 3.8) is 0 Å². The van der Waals surface area contributed by atoms with E-state index in [1.165, 1.54) is 0 Å². The third-order valence-electron chi connectivity index (χ3n) is 1.22. The van der Waals surface area contributed by atoms with Crippen LogP contribution in [0.25, 0.3) is 0 Å². The molecule has 74 valence electrons. The molecule has 1 heterocycles. The molecule has 1 N–H and O–H groups in total. The van der Waals surface area contributed by atoms with Gasteiger partial charge in [0.2, 0.25) is 5.91 Å². The van der Waals surface area contributed by atoms with Crippen molar-refractivity contribution >= 4 is 11.7 Å². The van der Waals surface area contributed by atoms with Crippen LogP contribution in [0, 0.1) is 6.92 Å². The number of aryl methyl sites for hydroxylation is 1. The predicted octanol–water partition coefficient (Wildman–Crippen LogP) is 2.36. The minimum absolute atomic E-state index is 0.0571. The third-order valence-corrected chi connectivity index (χ3v) is 1.22. The molecule has 0 bridgehead atoms. The second-order valence-electron chi connectivity index (χ2n) is 2.22. The van der Waals surface area contributed by atoms with Crippen molar-refractivity contribution in [3.05, 3.63) is 11.8 Å². The number of rotatable bonds is 2. The summed E-state index contributed by atoms with van der Waals surface area (Å²) in [7, 11) is 0. The van der Waals surface area contributed by atoms with E-state index in [2.05, 4.69) is 10.5 Å². The van der Waals surface area contributed by atoms with Gasteiger partial charge in [0, 0.05) is 12.5 Å². The number of nitrogens with zero attached hydrogens (tertiary/aromatic N) is 1. The SMILES string of the molecule is CC.CCC(=O)Nc1cc(C)on1. The molecule has 0 saturated carbocycles. The highest BCUT2D eigenvalue weighted by Gasteiger charge is 2.02. The number of carbonyl (C=O) groups is 1. The van der Waals surface area contributed by atoms with E-state index in [1.807, 2.05) is 13.8 Å². The van der Waals surface area contributed by atoms with Gasteiger partial charge in [0.25, 0.3) is 0 Å². The standard InChI is InChI=1S/C7H10N2O2.C2H6/c1-3-7(10)8-6-4-5(2)11-9-6;1-2/h4H,3H2,1-2H3,(H,8,9,10);1-2H3. The van der Waals surface area contributed by atoms with Gasteiger partial charge in [-0.3, -0.25) is 4.79 Å². The minimum Gasteiger partial charge on any atom is -0.360 e. The van der Waals surface area contributed by atoms with Gasteiger partial charge in [0.15, 0.2) is 5.82 Å². The van der Waals surface area contributed by atoms with Crippen molar-refractivity contribution in [1.29, 1.82) is 0 Å². The van der Waals surface area contributed by atoms with Crippen LogP contribution in [0.3, 0.4) is 0 Å². The Labute approximate surface area is 78.3 Å². The Kier molecular flexibility index (Phi) is 5.59. The summed E-state index contributed by atoms with van der Waals surface area (Å²) in [5.74, 6) is 1.11. The van der Waals surface area contributed by atoms with E-state index in [9.17, 15) is 4.79 Å². The lowest BCUT2D eigenvalue weighted by atomic mass is 10.4. The molecular weight excluding hydrogens is 168 g/mol. The molecular formula is C9H16N2O2. The summed E-state index contributed by atoms with van der Waals surface area (Å²) in [6, 6.07) is 1.67. The second kappa shape index (κ2) is 6.22. The highest BCUT2D eigenvalue weighted by Crippen LogP contribution is 2.06. The number of hydrogen-bond acceptors (Lipinski definition) is 3. The third kappa shape index (κ3) is 4.30. The zero-order valence-electron chi connectivity index (χ0n) is 8.55. The lowest BCUT2D eigenvalue weighted by Gasteiger charge is -1.94. The number of anilines is 1. The summed E-state index contributed by atoms with van der Waals surface area (Å²) in [6.07, 6.45) is 0.450. The zero-order valence-corrected chi connectivity index (χ0v) is 8.55. The first-order chi connectivity index (χ1) is 6.22. The van der Waals surface area contributed by atoms with Crippen molar-refractivity contribution in [2.24, 2.45) is 0 Å². The average molecular weight is 184 g/mol. The molecule has 0 aliphatic heterocycles. The number of carbonyl (C=O) groups excluding carboxylic acids is 1. The highest BCUT2D eigenvalue weighted by atomic mass is 16.5. The van der Waals surface area contributed by atoms with Crippen LogP contribution < -0.4 is 5.32 Å². The molecule has 1 amide bonds. The summed E-state index contributed by atoms with van der Waals surface area (Å²) in [5.41, 5.74) is 0. The molecule has 1 aromatic rings. The zero-order chi connectivity index (χ0) is 10.3. The first-order valence-corrected chi connectivity index (χ1v) is 4.45. The van der Waals surface area contributed by atoms with Gasteiger partial charge in [-0.2, -0.15) is 0 Å². The Morgan fingerprint density at radius 1 is 1.62 bits per heavy atom. The number of amides is 1. The summed E-state index contributed by atoms with van der Waals surface area (Å²) in [5, 5.41) is 6.17. The normalized spacial score (nSPS) is 8.62. The molecule has 0 saturated heterocycles. The van der Waals surface area contributed by atoms with Crippen molar-refractivity contribution in [2.45, 2.75) is 34.1 Å². The Balaban J connectivity index is 0.000000671. The number of hydrogen-bond donors (Lipinski definition) is 1. The van der Waals surface area contributed by atoms with Crippen molar-refractivity contribution in [3.8, 4) is 0 Å². The summed E-state index contributed by atoms with van der Waals surface area (Å²) >= 11 is 0. The monoisotopic (exact) mass is 184 g/mol. The summed E-state index contributed by atoms with van der Waals surface area (Å²) in [6.45, 7) is 7.55. The van der Waals surface area contributed by atoms with E-state index >= 15 is 0 Å². The Bertz CT molecular complexity index is 256. The van der Waals surface area contributed by atoms with Crippen LogP contribution in [0.4, 0.5) is 5.82 Å². The smallest absolute Gasteiger partial charge is 0.225 e. The van der Waals surface area contributed by atoms with Crippen molar-refractivity contribution in [1.82, 2.24) is 5.16 Å². The molecule has 0 atom stereocenters. The maximum atomic E-state index is 10.8. The molecule has 0 radical (unpaired) electrons. The van der Waals surface area contributed by atoms with E-state index in [4.69, 9.17) is 4.52 Å².